The monoisotopic (exact) mass is 349 g/mol. The lowest BCUT2D eigenvalue weighted by atomic mass is 10.1. The van der Waals surface area contributed by atoms with Gasteiger partial charge in [-0.05, 0) is 43.7 Å². The zero-order valence-electron chi connectivity index (χ0n) is 14.6. The summed E-state index contributed by atoms with van der Waals surface area (Å²) < 4.78 is 31.9. The van der Waals surface area contributed by atoms with Gasteiger partial charge in [-0.25, -0.2) is 8.78 Å². The molecule has 0 bridgehead atoms. The summed E-state index contributed by atoms with van der Waals surface area (Å²) in [5, 5.41) is 4.60. The van der Waals surface area contributed by atoms with Gasteiger partial charge in [0.15, 0.2) is 6.04 Å². The SMILES string of the molecule is COc1ccc(CNC(=O)[C@@H](C)[NH2+][C@H](C)c2ccc(F)cc2F)cc1. The molecule has 0 fully saturated rings. The van der Waals surface area contributed by atoms with E-state index in [1.165, 1.54) is 12.1 Å². The largest absolute Gasteiger partial charge is 0.497 e. The van der Waals surface area contributed by atoms with E-state index in [9.17, 15) is 13.6 Å². The fourth-order valence-electron chi connectivity index (χ4n) is 2.59. The van der Waals surface area contributed by atoms with Gasteiger partial charge in [-0.15, -0.1) is 0 Å². The summed E-state index contributed by atoms with van der Waals surface area (Å²) >= 11 is 0. The van der Waals surface area contributed by atoms with E-state index in [1.807, 2.05) is 24.3 Å². The molecule has 2 atom stereocenters. The van der Waals surface area contributed by atoms with Crippen LogP contribution in [0.5, 0.6) is 5.75 Å². The Hall–Kier alpha value is -2.47. The third kappa shape index (κ3) is 5.26. The van der Waals surface area contributed by atoms with Crippen molar-refractivity contribution in [2.45, 2.75) is 32.5 Å². The van der Waals surface area contributed by atoms with Crippen molar-refractivity contribution in [1.82, 2.24) is 5.32 Å². The van der Waals surface area contributed by atoms with E-state index in [0.717, 1.165) is 17.4 Å². The van der Waals surface area contributed by atoms with Crippen LogP contribution in [0.3, 0.4) is 0 Å². The molecule has 0 unspecified atom stereocenters. The first-order valence-corrected chi connectivity index (χ1v) is 8.11. The van der Waals surface area contributed by atoms with Gasteiger partial charge in [0.2, 0.25) is 0 Å². The highest BCUT2D eigenvalue weighted by atomic mass is 19.1. The zero-order chi connectivity index (χ0) is 18.4. The van der Waals surface area contributed by atoms with Crippen LogP contribution in [0.25, 0.3) is 0 Å². The molecule has 134 valence electrons. The van der Waals surface area contributed by atoms with Crippen molar-refractivity contribution in [3.63, 3.8) is 0 Å². The Morgan fingerprint density at radius 1 is 1.16 bits per heavy atom. The number of nitrogens with one attached hydrogen (secondary N) is 1. The summed E-state index contributed by atoms with van der Waals surface area (Å²) in [6.45, 7) is 3.94. The second kappa shape index (κ2) is 8.58. The zero-order valence-corrected chi connectivity index (χ0v) is 14.6. The topological polar surface area (TPSA) is 54.9 Å². The van der Waals surface area contributed by atoms with Crippen LogP contribution in [0.2, 0.25) is 0 Å². The second-order valence-corrected chi connectivity index (χ2v) is 6.00. The summed E-state index contributed by atoms with van der Waals surface area (Å²) in [6, 6.07) is 10.2. The number of amides is 1. The van der Waals surface area contributed by atoms with Gasteiger partial charge in [-0.2, -0.15) is 0 Å². The van der Waals surface area contributed by atoms with E-state index >= 15 is 0 Å². The first-order chi connectivity index (χ1) is 11.9. The third-order valence-electron chi connectivity index (χ3n) is 4.07. The van der Waals surface area contributed by atoms with E-state index in [4.69, 9.17) is 4.74 Å². The Bertz CT molecular complexity index is 720. The lowest BCUT2D eigenvalue weighted by Gasteiger charge is -2.17. The van der Waals surface area contributed by atoms with E-state index in [0.29, 0.717) is 12.1 Å². The number of ether oxygens (including phenoxy) is 1. The first kappa shape index (κ1) is 18.9. The van der Waals surface area contributed by atoms with Gasteiger partial charge in [-0.3, -0.25) is 4.79 Å². The Labute approximate surface area is 146 Å². The number of rotatable bonds is 7. The molecule has 1 amide bonds. The molecule has 0 radical (unpaired) electrons. The Morgan fingerprint density at radius 2 is 1.84 bits per heavy atom. The van der Waals surface area contributed by atoms with Crippen LogP contribution in [-0.4, -0.2) is 19.1 Å². The van der Waals surface area contributed by atoms with Crippen LogP contribution >= 0.6 is 0 Å². The Morgan fingerprint density at radius 3 is 2.44 bits per heavy atom. The molecule has 0 aliphatic heterocycles. The molecule has 3 N–H and O–H groups in total. The molecule has 0 aromatic heterocycles. The Balaban J connectivity index is 1.88. The number of quaternary nitrogens is 1. The summed E-state index contributed by atoms with van der Waals surface area (Å²) in [4.78, 5) is 12.2. The quantitative estimate of drug-likeness (QED) is 0.806. The highest BCUT2D eigenvalue weighted by molar-refractivity contribution is 5.79. The highest BCUT2D eigenvalue weighted by Crippen LogP contribution is 2.15. The maximum atomic E-state index is 13.8. The molecule has 25 heavy (non-hydrogen) atoms. The molecule has 0 aliphatic rings. The number of benzene rings is 2. The minimum atomic E-state index is -0.612. The minimum absolute atomic E-state index is 0.148. The number of hydrogen-bond donors (Lipinski definition) is 2. The van der Waals surface area contributed by atoms with Crippen LogP contribution in [0, 0.1) is 11.6 Å². The molecule has 2 aromatic rings. The average molecular weight is 349 g/mol. The number of carbonyl (C=O) groups excluding carboxylic acids is 1. The van der Waals surface area contributed by atoms with Gasteiger partial charge in [-0.1, -0.05) is 12.1 Å². The first-order valence-electron chi connectivity index (χ1n) is 8.11. The van der Waals surface area contributed by atoms with E-state index < -0.39 is 17.7 Å². The van der Waals surface area contributed by atoms with Crippen LogP contribution in [0.1, 0.15) is 31.0 Å². The second-order valence-electron chi connectivity index (χ2n) is 6.00. The van der Waals surface area contributed by atoms with Crippen molar-refractivity contribution in [2.24, 2.45) is 0 Å². The highest BCUT2D eigenvalue weighted by Gasteiger charge is 2.22. The molecule has 6 heteroatoms. The van der Waals surface area contributed by atoms with Crippen molar-refractivity contribution >= 4 is 5.91 Å². The molecule has 0 saturated heterocycles. The van der Waals surface area contributed by atoms with E-state index in [2.05, 4.69) is 5.32 Å². The predicted octanol–water partition coefficient (Wildman–Crippen LogP) is 2.30. The van der Waals surface area contributed by atoms with Gasteiger partial charge in [0, 0.05) is 18.2 Å². The van der Waals surface area contributed by atoms with Crippen molar-refractivity contribution in [2.75, 3.05) is 7.11 Å². The average Bonchev–Trinajstić information content (AvgIpc) is 2.59. The summed E-state index contributed by atoms with van der Waals surface area (Å²) in [7, 11) is 1.60. The summed E-state index contributed by atoms with van der Waals surface area (Å²) in [5.41, 5.74) is 1.33. The Kier molecular flexibility index (Phi) is 6.47. The molecular formula is C19H23F2N2O2+. The van der Waals surface area contributed by atoms with E-state index in [1.54, 1.807) is 26.3 Å². The van der Waals surface area contributed by atoms with Crippen molar-refractivity contribution < 1.29 is 23.6 Å². The molecule has 0 spiro atoms. The van der Waals surface area contributed by atoms with Crippen LogP contribution < -0.4 is 15.4 Å². The van der Waals surface area contributed by atoms with Crippen molar-refractivity contribution in [3.8, 4) is 5.75 Å². The molecule has 2 rings (SSSR count). The lowest BCUT2D eigenvalue weighted by molar-refractivity contribution is -0.710. The molecule has 0 saturated carbocycles. The number of methoxy groups -OCH3 is 1. The molecule has 4 nitrogen and oxygen atoms in total. The smallest absolute Gasteiger partial charge is 0.278 e. The molecule has 0 heterocycles. The van der Waals surface area contributed by atoms with Gasteiger partial charge in [0.1, 0.15) is 23.4 Å². The standard InChI is InChI=1S/C19H22F2N2O2/c1-12(17-9-6-15(20)10-18(17)21)23-13(2)19(24)22-11-14-4-7-16(25-3)8-5-14/h4-10,12-13,23H,11H2,1-3H3,(H,22,24)/p+1/t12-,13-/m1/s1. The fourth-order valence-corrected chi connectivity index (χ4v) is 2.59. The minimum Gasteiger partial charge on any atom is -0.497 e. The molecule has 2 aromatic carbocycles. The van der Waals surface area contributed by atoms with Crippen LogP contribution in [0.4, 0.5) is 8.78 Å². The number of halogens is 2. The summed E-state index contributed by atoms with van der Waals surface area (Å²) in [5.74, 6) is -0.606. The predicted molar refractivity (Wildman–Crippen MR) is 91.0 cm³/mol. The van der Waals surface area contributed by atoms with Crippen LogP contribution in [0.15, 0.2) is 42.5 Å². The third-order valence-corrected chi connectivity index (χ3v) is 4.07. The fraction of sp³-hybridized carbons (Fsp3) is 0.316. The molecule has 0 aliphatic carbocycles. The van der Waals surface area contributed by atoms with Gasteiger partial charge in [0.25, 0.3) is 5.91 Å². The van der Waals surface area contributed by atoms with Gasteiger partial charge < -0.3 is 15.4 Å². The van der Waals surface area contributed by atoms with Crippen molar-refractivity contribution in [3.05, 3.63) is 65.2 Å². The normalized spacial score (nSPS) is 13.2. The van der Waals surface area contributed by atoms with Gasteiger partial charge >= 0.3 is 0 Å². The summed E-state index contributed by atoms with van der Waals surface area (Å²) in [6.07, 6.45) is 0. The number of hydrogen-bond acceptors (Lipinski definition) is 2. The number of carbonyl (C=O) groups is 1. The van der Waals surface area contributed by atoms with Gasteiger partial charge in [0.05, 0.1) is 7.11 Å². The maximum absolute atomic E-state index is 13.8. The number of nitrogens with two attached hydrogens (primary N) is 1. The maximum Gasteiger partial charge on any atom is 0.278 e. The molecular weight excluding hydrogens is 326 g/mol. The lowest BCUT2D eigenvalue weighted by Crippen LogP contribution is -2.92. The van der Waals surface area contributed by atoms with Crippen LogP contribution in [-0.2, 0) is 11.3 Å². The van der Waals surface area contributed by atoms with E-state index in [-0.39, 0.29) is 11.9 Å². The van der Waals surface area contributed by atoms with Crippen molar-refractivity contribution in [1.29, 1.82) is 0 Å².